The second-order valence-corrected chi connectivity index (χ2v) is 7.17. The quantitative estimate of drug-likeness (QED) is 0.624. The summed E-state index contributed by atoms with van der Waals surface area (Å²) in [5, 5.41) is 0.974. The van der Waals surface area contributed by atoms with E-state index >= 15 is 0 Å². The Morgan fingerprint density at radius 3 is 2.14 bits per heavy atom. The highest BCUT2D eigenvalue weighted by Gasteiger charge is 2.42. The molecule has 4 rings (SSSR count). The van der Waals surface area contributed by atoms with Gasteiger partial charge in [-0.25, -0.2) is 0 Å². The van der Waals surface area contributed by atoms with Gasteiger partial charge in [0.25, 0.3) is 0 Å². The van der Waals surface area contributed by atoms with Crippen molar-refractivity contribution in [2.75, 3.05) is 13.1 Å². The minimum atomic E-state index is -4.30. The molecule has 4 nitrogen and oxygen atoms in total. The van der Waals surface area contributed by atoms with Crippen LogP contribution >= 0.6 is 0 Å². The zero-order valence-corrected chi connectivity index (χ0v) is 15.1. The van der Waals surface area contributed by atoms with Crippen LogP contribution in [0.3, 0.4) is 0 Å². The average molecular weight is 388 g/mol. The molecule has 1 unspecified atom stereocenters. The van der Waals surface area contributed by atoms with E-state index in [-0.39, 0.29) is 30.8 Å². The molecular weight excluding hydrogens is 369 g/mol. The van der Waals surface area contributed by atoms with Crippen molar-refractivity contribution < 1.29 is 18.0 Å². The van der Waals surface area contributed by atoms with Crippen molar-refractivity contribution in [2.45, 2.75) is 25.6 Å². The summed E-state index contributed by atoms with van der Waals surface area (Å²) in [5.74, 6) is -1.85. The zero-order chi connectivity index (χ0) is 19.9. The molecule has 3 aromatic rings. The summed E-state index contributed by atoms with van der Waals surface area (Å²) < 4.78 is 41.0. The Hall–Kier alpha value is -2.83. The molecule has 28 heavy (non-hydrogen) atoms. The molecule has 1 aromatic heterocycles. The number of pyridine rings is 1. The van der Waals surface area contributed by atoms with E-state index in [4.69, 9.17) is 0 Å². The van der Waals surface area contributed by atoms with Gasteiger partial charge >= 0.3 is 6.18 Å². The van der Waals surface area contributed by atoms with E-state index in [1.807, 2.05) is 0 Å². The largest absolute Gasteiger partial charge is 0.393 e. The minimum absolute atomic E-state index is 0.0527. The van der Waals surface area contributed by atoms with E-state index < -0.39 is 12.1 Å². The highest BCUT2D eigenvalue weighted by molar-refractivity contribution is 5.94. The van der Waals surface area contributed by atoms with Crippen LogP contribution < -0.4 is 5.43 Å². The lowest BCUT2D eigenvalue weighted by atomic mass is 9.97. The van der Waals surface area contributed by atoms with E-state index in [0.717, 1.165) is 0 Å². The zero-order valence-electron chi connectivity index (χ0n) is 15.1. The van der Waals surface area contributed by atoms with Crippen molar-refractivity contribution in [3.63, 3.8) is 0 Å². The fourth-order valence-corrected chi connectivity index (χ4v) is 3.95. The van der Waals surface area contributed by atoms with Gasteiger partial charge in [-0.3, -0.25) is 9.59 Å². The number of nitrogens with zero attached hydrogens (tertiary/aromatic N) is 2. The van der Waals surface area contributed by atoms with Gasteiger partial charge < -0.3 is 9.47 Å². The highest BCUT2D eigenvalue weighted by Crippen LogP contribution is 2.33. The summed E-state index contributed by atoms with van der Waals surface area (Å²) in [6.07, 6.45) is -3.91. The van der Waals surface area contributed by atoms with Crippen LogP contribution in [0.1, 0.15) is 12.8 Å². The smallest absolute Gasteiger partial charge is 0.341 e. The molecule has 0 aliphatic carbocycles. The third-order valence-corrected chi connectivity index (χ3v) is 5.41. The number of rotatable bonds is 2. The molecule has 1 atom stereocenters. The maximum Gasteiger partial charge on any atom is 0.393 e. The molecule has 0 N–H and O–H groups in total. The lowest BCUT2D eigenvalue weighted by Crippen LogP contribution is -2.45. The van der Waals surface area contributed by atoms with E-state index in [1.54, 1.807) is 53.1 Å². The SMILES string of the molecule is O=C(Cn1c2ccccc2c(=O)c2ccccc21)N1CCCC(C(F)(F)F)C1. The Bertz CT molecular complexity index is 1040. The maximum atomic E-state index is 13.1. The van der Waals surface area contributed by atoms with Crippen molar-refractivity contribution >= 4 is 27.7 Å². The molecule has 0 spiro atoms. The predicted octanol–water partition coefficient (Wildman–Crippen LogP) is 3.96. The number of carbonyl (C=O) groups excluding carboxylic acids is 1. The average Bonchev–Trinajstić information content (AvgIpc) is 2.70. The van der Waals surface area contributed by atoms with Crippen LogP contribution in [0, 0.1) is 5.92 Å². The van der Waals surface area contributed by atoms with E-state index in [1.165, 1.54) is 4.90 Å². The number of amides is 1. The summed E-state index contributed by atoms with van der Waals surface area (Å²) in [7, 11) is 0. The summed E-state index contributed by atoms with van der Waals surface area (Å²) in [4.78, 5) is 26.9. The van der Waals surface area contributed by atoms with Gasteiger partial charge in [0, 0.05) is 23.9 Å². The Morgan fingerprint density at radius 1 is 1.00 bits per heavy atom. The number of hydrogen-bond acceptors (Lipinski definition) is 2. The van der Waals surface area contributed by atoms with Crippen LogP contribution in [0.2, 0.25) is 0 Å². The number of carbonyl (C=O) groups is 1. The number of benzene rings is 2. The normalized spacial score (nSPS) is 18.0. The van der Waals surface area contributed by atoms with Gasteiger partial charge in [0.2, 0.25) is 5.91 Å². The number of alkyl halides is 3. The summed E-state index contributed by atoms with van der Waals surface area (Å²) in [6.45, 7) is -0.0915. The van der Waals surface area contributed by atoms with Crippen LogP contribution in [0.25, 0.3) is 21.8 Å². The first-order valence-electron chi connectivity index (χ1n) is 9.21. The van der Waals surface area contributed by atoms with Crippen LogP contribution in [0.4, 0.5) is 13.2 Å². The lowest BCUT2D eigenvalue weighted by molar-refractivity contribution is -0.188. The molecule has 2 aromatic carbocycles. The fourth-order valence-electron chi connectivity index (χ4n) is 3.95. The Labute approximate surface area is 159 Å². The van der Waals surface area contributed by atoms with Gasteiger partial charge in [0.15, 0.2) is 5.43 Å². The molecule has 1 aliphatic heterocycles. The Kier molecular flexibility index (Phi) is 4.61. The van der Waals surface area contributed by atoms with Crippen LogP contribution in [-0.2, 0) is 11.3 Å². The summed E-state index contributed by atoms with van der Waals surface area (Å²) in [6, 6.07) is 14.0. The number of hydrogen-bond donors (Lipinski definition) is 0. The van der Waals surface area contributed by atoms with Gasteiger partial charge in [-0.1, -0.05) is 24.3 Å². The molecule has 0 bridgehead atoms. The van der Waals surface area contributed by atoms with E-state index in [2.05, 4.69) is 0 Å². The summed E-state index contributed by atoms with van der Waals surface area (Å²) in [5.41, 5.74) is 1.08. The number of aromatic nitrogens is 1. The third kappa shape index (κ3) is 3.25. The molecular formula is C21H19F3N2O2. The fraction of sp³-hybridized carbons (Fsp3) is 0.333. The third-order valence-electron chi connectivity index (χ3n) is 5.41. The molecule has 2 heterocycles. The molecule has 7 heteroatoms. The standard InChI is InChI=1S/C21H19F3N2O2/c22-21(23,24)14-6-5-11-25(12-14)19(27)13-26-17-9-3-1-7-15(17)20(28)16-8-2-4-10-18(16)26/h1-4,7-10,14H,5-6,11-13H2. The molecule has 1 fully saturated rings. The monoisotopic (exact) mass is 388 g/mol. The van der Waals surface area contributed by atoms with Crippen molar-refractivity contribution in [3.8, 4) is 0 Å². The molecule has 1 aliphatic rings. The number of piperidine rings is 1. The minimum Gasteiger partial charge on any atom is -0.341 e. The molecule has 146 valence electrons. The van der Waals surface area contributed by atoms with Gasteiger partial charge in [-0.05, 0) is 37.1 Å². The first-order chi connectivity index (χ1) is 13.4. The van der Waals surface area contributed by atoms with Crippen LogP contribution in [0.15, 0.2) is 53.3 Å². The predicted molar refractivity (Wildman–Crippen MR) is 101 cm³/mol. The number of halogens is 3. The van der Waals surface area contributed by atoms with Crippen LogP contribution in [-0.4, -0.2) is 34.6 Å². The number of fused-ring (bicyclic) bond motifs is 2. The van der Waals surface area contributed by atoms with Crippen molar-refractivity contribution in [2.24, 2.45) is 5.92 Å². The number of likely N-dealkylation sites (tertiary alicyclic amines) is 1. The van der Waals surface area contributed by atoms with Crippen molar-refractivity contribution in [1.29, 1.82) is 0 Å². The highest BCUT2D eigenvalue weighted by atomic mass is 19.4. The van der Waals surface area contributed by atoms with E-state index in [0.29, 0.717) is 34.8 Å². The first-order valence-corrected chi connectivity index (χ1v) is 9.21. The topological polar surface area (TPSA) is 42.3 Å². The van der Waals surface area contributed by atoms with Gasteiger partial charge in [0.1, 0.15) is 6.54 Å². The number of para-hydroxylation sites is 2. The maximum absolute atomic E-state index is 13.1. The molecule has 0 saturated carbocycles. The van der Waals surface area contributed by atoms with Crippen molar-refractivity contribution in [1.82, 2.24) is 9.47 Å². The van der Waals surface area contributed by atoms with Crippen LogP contribution in [0.5, 0.6) is 0 Å². The molecule has 1 amide bonds. The van der Waals surface area contributed by atoms with Gasteiger partial charge in [0.05, 0.1) is 17.0 Å². The second kappa shape index (κ2) is 6.96. The second-order valence-electron chi connectivity index (χ2n) is 7.17. The molecule has 0 radical (unpaired) electrons. The van der Waals surface area contributed by atoms with Gasteiger partial charge in [-0.15, -0.1) is 0 Å². The Morgan fingerprint density at radius 2 is 1.57 bits per heavy atom. The van der Waals surface area contributed by atoms with Gasteiger partial charge in [-0.2, -0.15) is 13.2 Å². The van der Waals surface area contributed by atoms with E-state index in [9.17, 15) is 22.8 Å². The lowest BCUT2D eigenvalue weighted by Gasteiger charge is -2.34. The van der Waals surface area contributed by atoms with Crippen molar-refractivity contribution in [3.05, 3.63) is 58.8 Å². The molecule has 1 saturated heterocycles. The Balaban J connectivity index is 1.74. The first kappa shape index (κ1) is 18.5. The summed E-state index contributed by atoms with van der Waals surface area (Å²) >= 11 is 0.